The quantitative estimate of drug-likeness (QED) is 0.896. The standard InChI is InChI=1S/C17H23NO2/c1-12-11-14(8-9-16(12)19)17(20)18-10-4-7-15(18)13-5-2-3-6-13/h8-9,11,13,15,19H,2-7,10H2,1H3. The molecule has 1 amide bonds. The molecule has 0 aromatic heterocycles. The molecule has 1 unspecified atom stereocenters. The van der Waals surface area contributed by atoms with E-state index in [-0.39, 0.29) is 11.7 Å². The fourth-order valence-corrected chi connectivity index (χ4v) is 3.83. The third kappa shape index (κ3) is 2.41. The number of hydrogen-bond donors (Lipinski definition) is 1. The summed E-state index contributed by atoms with van der Waals surface area (Å²) in [6.07, 6.45) is 7.49. The molecule has 1 saturated heterocycles. The van der Waals surface area contributed by atoms with E-state index in [0.29, 0.717) is 17.5 Å². The highest BCUT2D eigenvalue weighted by atomic mass is 16.3. The van der Waals surface area contributed by atoms with Gasteiger partial charge in [-0.3, -0.25) is 4.79 Å². The van der Waals surface area contributed by atoms with Gasteiger partial charge in [0.05, 0.1) is 0 Å². The van der Waals surface area contributed by atoms with Crippen LogP contribution in [-0.2, 0) is 0 Å². The molecule has 1 aromatic carbocycles. The molecule has 20 heavy (non-hydrogen) atoms. The Balaban J connectivity index is 1.79. The molecule has 1 aliphatic carbocycles. The summed E-state index contributed by atoms with van der Waals surface area (Å²) in [6, 6.07) is 5.62. The summed E-state index contributed by atoms with van der Waals surface area (Å²) >= 11 is 0. The molecule has 1 atom stereocenters. The smallest absolute Gasteiger partial charge is 0.254 e. The van der Waals surface area contributed by atoms with E-state index in [0.717, 1.165) is 24.9 Å². The lowest BCUT2D eigenvalue weighted by molar-refractivity contribution is 0.0689. The minimum Gasteiger partial charge on any atom is -0.508 e. The number of benzene rings is 1. The van der Waals surface area contributed by atoms with E-state index in [9.17, 15) is 9.90 Å². The Labute approximate surface area is 120 Å². The van der Waals surface area contributed by atoms with Crippen molar-refractivity contribution in [3.05, 3.63) is 29.3 Å². The van der Waals surface area contributed by atoms with Crippen molar-refractivity contribution >= 4 is 5.91 Å². The Bertz CT molecular complexity index is 506. The Morgan fingerprint density at radius 2 is 1.95 bits per heavy atom. The highest BCUT2D eigenvalue weighted by molar-refractivity contribution is 5.95. The molecule has 2 fully saturated rings. The number of nitrogens with zero attached hydrogens (tertiary/aromatic N) is 1. The van der Waals surface area contributed by atoms with Gasteiger partial charge in [0.25, 0.3) is 5.91 Å². The van der Waals surface area contributed by atoms with Crippen LogP contribution >= 0.6 is 0 Å². The van der Waals surface area contributed by atoms with E-state index in [1.54, 1.807) is 12.1 Å². The molecule has 108 valence electrons. The fourth-order valence-electron chi connectivity index (χ4n) is 3.83. The van der Waals surface area contributed by atoms with Gasteiger partial charge in [-0.15, -0.1) is 0 Å². The highest BCUT2D eigenvalue weighted by Gasteiger charge is 2.36. The molecule has 1 aromatic rings. The maximum Gasteiger partial charge on any atom is 0.254 e. The first-order valence-electron chi connectivity index (χ1n) is 7.77. The summed E-state index contributed by atoms with van der Waals surface area (Å²) in [4.78, 5) is 14.8. The lowest BCUT2D eigenvalue weighted by Gasteiger charge is -2.29. The first-order valence-corrected chi connectivity index (χ1v) is 7.77. The fraction of sp³-hybridized carbons (Fsp3) is 0.588. The van der Waals surface area contributed by atoms with Crippen LogP contribution in [0.2, 0.25) is 0 Å². The Morgan fingerprint density at radius 1 is 1.20 bits per heavy atom. The molecular weight excluding hydrogens is 250 g/mol. The SMILES string of the molecule is Cc1cc(C(=O)N2CCCC2C2CCCC2)ccc1O. The number of phenolic OH excluding ortho intramolecular Hbond substituents is 1. The predicted molar refractivity (Wildman–Crippen MR) is 78.9 cm³/mol. The summed E-state index contributed by atoms with van der Waals surface area (Å²) in [5, 5.41) is 9.59. The van der Waals surface area contributed by atoms with E-state index in [1.807, 2.05) is 13.0 Å². The van der Waals surface area contributed by atoms with Crippen molar-refractivity contribution < 1.29 is 9.90 Å². The van der Waals surface area contributed by atoms with Crippen molar-refractivity contribution in [3.8, 4) is 5.75 Å². The van der Waals surface area contributed by atoms with Crippen molar-refractivity contribution in [2.45, 2.75) is 51.5 Å². The molecule has 3 heteroatoms. The summed E-state index contributed by atoms with van der Waals surface area (Å²) in [5.41, 5.74) is 1.48. The number of carbonyl (C=O) groups is 1. The molecule has 2 aliphatic rings. The molecule has 0 spiro atoms. The number of hydrogen-bond acceptors (Lipinski definition) is 2. The summed E-state index contributed by atoms with van der Waals surface area (Å²) < 4.78 is 0. The number of phenols is 1. The average molecular weight is 273 g/mol. The van der Waals surface area contributed by atoms with E-state index in [1.165, 1.54) is 25.7 Å². The van der Waals surface area contributed by atoms with Gasteiger partial charge in [0.15, 0.2) is 0 Å². The van der Waals surface area contributed by atoms with Gasteiger partial charge >= 0.3 is 0 Å². The number of likely N-dealkylation sites (tertiary alicyclic amines) is 1. The van der Waals surface area contributed by atoms with Crippen LogP contribution < -0.4 is 0 Å². The summed E-state index contributed by atoms with van der Waals surface area (Å²) in [5.74, 6) is 1.11. The minimum atomic E-state index is 0.141. The zero-order valence-electron chi connectivity index (χ0n) is 12.1. The molecule has 0 radical (unpaired) electrons. The molecule has 1 aliphatic heterocycles. The Hall–Kier alpha value is -1.51. The topological polar surface area (TPSA) is 40.5 Å². The van der Waals surface area contributed by atoms with Gasteiger partial charge in [-0.2, -0.15) is 0 Å². The molecule has 0 bridgehead atoms. The molecule has 1 N–H and O–H groups in total. The lowest BCUT2D eigenvalue weighted by Crippen LogP contribution is -2.39. The van der Waals surface area contributed by atoms with Crippen LogP contribution in [-0.4, -0.2) is 28.5 Å². The van der Waals surface area contributed by atoms with E-state index in [4.69, 9.17) is 0 Å². The number of carbonyl (C=O) groups excluding carboxylic acids is 1. The van der Waals surface area contributed by atoms with Crippen molar-refractivity contribution in [1.29, 1.82) is 0 Å². The normalized spacial score (nSPS) is 23.4. The van der Waals surface area contributed by atoms with Crippen LogP contribution in [0.15, 0.2) is 18.2 Å². The van der Waals surface area contributed by atoms with E-state index >= 15 is 0 Å². The maximum absolute atomic E-state index is 12.7. The largest absolute Gasteiger partial charge is 0.508 e. The van der Waals surface area contributed by atoms with Crippen LogP contribution in [0.1, 0.15) is 54.4 Å². The van der Waals surface area contributed by atoms with Crippen molar-refractivity contribution in [2.24, 2.45) is 5.92 Å². The van der Waals surface area contributed by atoms with E-state index < -0.39 is 0 Å². The number of amides is 1. The van der Waals surface area contributed by atoms with Gasteiger partial charge < -0.3 is 10.0 Å². The third-order valence-electron chi connectivity index (χ3n) is 4.95. The Kier molecular flexibility index (Phi) is 3.68. The number of aryl methyl sites for hydroxylation is 1. The second-order valence-corrected chi connectivity index (χ2v) is 6.25. The van der Waals surface area contributed by atoms with Crippen LogP contribution in [0, 0.1) is 12.8 Å². The van der Waals surface area contributed by atoms with Gasteiger partial charge in [-0.25, -0.2) is 0 Å². The van der Waals surface area contributed by atoms with Crippen LogP contribution in [0.25, 0.3) is 0 Å². The minimum absolute atomic E-state index is 0.141. The third-order valence-corrected chi connectivity index (χ3v) is 4.95. The highest BCUT2D eigenvalue weighted by Crippen LogP contribution is 2.36. The molecule has 3 nitrogen and oxygen atoms in total. The van der Waals surface area contributed by atoms with Crippen LogP contribution in [0.5, 0.6) is 5.75 Å². The van der Waals surface area contributed by atoms with Gasteiger partial charge in [0.1, 0.15) is 5.75 Å². The van der Waals surface area contributed by atoms with Gasteiger partial charge in [0, 0.05) is 18.2 Å². The van der Waals surface area contributed by atoms with Crippen molar-refractivity contribution in [2.75, 3.05) is 6.54 Å². The van der Waals surface area contributed by atoms with Crippen LogP contribution in [0.4, 0.5) is 0 Å². The molecule has 1 heterocycles. The first kappa shape index (κ1) is 13.5. The number of rotatable bonds is 2. The summed E-state index contributed by atoms with van der Waals surface area (Å²) in [7, 11) is 0. The lowest BCUT2D eigenvalue weighted by atomic mass is 9.95. The maximum atomic E-state index is 12.7. The zero-order valence-corrected chi connectivity index (χ0v) is 12.1. The van der Waals surface area contributed by atoms with Crippen LogP contribution in [0.3, 0.4) is 0 Å². The predicted octanol–water partition coefficient (Wildman–Crippen LogP) is 3.50. The average Bonchev–Trinajstić information content (AvgIpc) is 3.10. The van der Waals surface area contributed by atoms with Crippen molar-refractivity contribution in [3.63, 3.8) is 0 Å². The van der Waals surface area contributed by atoms with E-state index in [2.05, 4.69) is 4.90 Å². The first-order chi connectivity index (χ1) is 9.66. The number of aromatic hydroxyl groups is 1. The van der Waals surface area contributed by atoms with Gasteiger partial charge in [-0.05, 0) is 62.3 Å². The molecule has 1 saturated carbocycles. The Morgan fingerprint density at radius 3 is 2.65 bits per heavy atom. The second-order valence-electron chi connectivity index (χ2n) is 6.25. The van der Waals surface area contributed by atoms with Gasteiger partial charge in [0.2, 0.25) is 0 Å². The second kappa shape index (κ2) is 5.47. The monoisotopic (exact) mass is 273 g/mol. The zero-order chi connectivity index (χ0) is 14.1. The summed E-state index contributed by atoms with van der Waals surface area (Å²) in [6.45, 7) is 2.73. The van der Waals surface area contributed by atoms with Gasteiger partial charge in [-0.1, -0.05) is 12.8 Å². The van der Waals surface area contributed by atoms with Crippen molar-refractivity contribution in [1.82, 2.24) is 4.90 Å². The molecular formula is C17H23NO2. The molecule has 3 rings (SSSR count).